The van der Waals surface area contributed by atoms with Crippen molar-refractivity contribution >= 4 is 17.3 Å². The van der Waals surface area contributed by atoms with Crippen molar-refractivity contribution in [2.45, 2.75) is 19.9 Å². The molecule has 100 valence electrons. The minimum Gasteiger partial charge on any atom is -0.397 e. The predicted molar refractivity (Wildman–Crippen MR) is 71.0 cm³/mol. The van der Waals surface area contributed by atoms with E-state index in [1.54, 1.807) is 6.20 Å². The molecule has 0 radical (unpaired) electrons. The van der Waals surface area contributed by atoms with Crippen molar-refractivity contribution in [1.29, 1.82) is 0 Å². The molecule has 1 amide bonds. The zero-order valence-corrected chi connectivity index (χ0v) is 10.6. The van der Waals surface area contributed by atoms with Gasteiger partial charge in [-0.25, -0.2) is 9.37 Å². The first-order valence-electron chi connectivity index (χ1n) is 5.89. The number of nitrogen functional groups attached to an aromatic ring is 1. The van der Waals surface area contributed by atoms with E-state index in [-0.39, 0.29) is 11.6 Å². The molecule has 1 aromatic carbocycles. The van der Waals surface area contributed by atoms with Crippen LogP contribution in [0.2, 0.25) is 0 Å². The van der Waals surface area contributed by atoms with E-state index in [1.165, 1.54) is 18.2 Å². The molecule has 6 heteroatoms. The molecule has 0 saturated heterocycles. The van der Waals surface area contributed by atoms with Crippen LogP contribution in [-0.2, 0) is 11.3 Å². The van der Waals surface area contributed by atoms with Crippen LogP contribution in [0.25, 0.3) is 0 Å². The van der Waals surface area contributed by atoms with Crippen LogP contribution < -0.4 is 11.1 Å². The smallest absolute Gasteiger partial charge is 0.226 e. The van der Waals surface area contributed by atoms with Gasteiger partial charge in [-0.3, -0.25) is 4.79 Å². The molecule has 2 rings (SSSR count). The van der Waals surface area contributed by atoms with Gasteiger partial charge in [-0.2, -0.15) is 0 Å². The van der Waals surface area contributed by atoms with E-state index in [1.807, 2.05) is 17.7 Å². The van der Waals surface area contributed by atoms with E-state index < -0.39 is 5.82 Å². The number of hydrogen-bond donors (Lipinski definition) is 2. The van der Waals surface area contributed by atoms with Gasteiger partial charge in [0.25, 0.3) is 0 Å². The van der Waals surface area contributed by atoms with Crippen LogP contribution in [0.5, 0.6) is 0 Å². The number of imidazole rings is 1. The quantitative estimate of drug-likeness (QED) is 0.827. The summed E-state index contributed by atoms with van der Waals surface area (Å²) in [7, 11) is 0. The largest absolute Gasteiger partial charge is 0.397 e. The van der Waals surface area contributed by atoms with Gasteiger partial charge in [0.2, 0.25) is 5.91 Å². The van der Waals surface area contributed by atoms with Crippen LogP contribution in [0.15, 0.2) is 30.6 Å². The monoisotopic (exact) mass is 262 g/mol. The molecule has 19 heavy (non-hydrogen) atoms. The molecule has 0 bridgehead atoms. The van der Waals surface area contributed by atoms with Crippen molar-refractivity contribution in [1.82, 2.24) is 9.55 Å². The molecule has 0 saturated carbocycles. The number of anilines is 2. The topological polar surface area (TPSA) is 72.9 Å². The first-order chi connectivity index (χ1) is 9.06. The standard InChI is InChI=1S/C13H15FN4O/c1-9-16-5-7-18(9)6-4-13(19)17-12-3-2-10(14)8-11(12)15/h2-3,5,7-8H,4,6,15H2,1H3,(H,17,19). The number of nitrogens with two attached hydrogens (primary N) is 1. The fourth-order valence-corrected chi connectivity index (χ4v) is 1.72. The van der Waals surface area contributed by atoms with Gasteiger partial charge in [-0.15, -0.1) is 0 Å². The van der Waals surface area contributed by atoms with Gasteiger partial charge in [0, 0.05) is 25.4 Å². The molecule has 0 unspecified atom stereocenters. The SMILES string of the molecule is Cc1nccn1CCC(=O)Nc1ccc(F)cc1N. The molecule has 1 heterocycles. The molecule has 0 aliphatic carbocycles. The Morgan fingerprint density at radius 1 is 1.53 bits per heavy atom. The first-order valence-corrected chi connectivity index (χ1v) is 5.89. The third-order valence-corrected chi connectivity index (χ3v) is 2.79. The lowest BCUT2D eigenvalue weighted by Gasteiger charge is -2.09. The van der Waals surface area contributed by atoms with Crippen molar-refractivity contribution in [3.05, 3.63) is 42.2 Å². The minimum atomic E-state index is -0.426. The van der Waals surface area contributed by atoms with Crippen molar-refractivity contribution in [3.8, 4) is 0 Å². The summed E-state index contributed by atoms with van der Waals surface area (Å²) in [5.41, 5.74) is 6.25. The molecule has 5 nitrogen and oxygen atoms in total. The highest BCUT2D eigenvalue weighted by Crippen LogP contribution is 2.19. The number of nitrogens with zero attached hydrogens (tertiary/aromatic N) is 2. The normalized spacial score (nSPS) is 10.4. The number of halogens is 1. The Hall–Kier alpha value is -2.37. The fraction of sp³-hybridized carbons (Fsp3) is 0.231. The van der Waals surface area contributed by atoms with Crippen LogP contribution in [0.1, 0.15) is 12.2 Å². The summed E-state index contributed by atoms with van der Waals surface area (Å²) in [5.74, 6) is 0.255. The summed E-state index contributed by atoms with van der Waals surface area (Å²) in [6.07, 6.45) is 3.80. The highest BCUT2D eigenvalue weighted by atomic mass is 19.1. The lowest BCUT2D eigenvalue weighted by molar-refractivity contribution is -0.116. The maximum Gasteiger partial charge on any atom is 0.226 e. The summed E-state index contributed by atoms with van der Waals surface area (Å²) < 4.78 is 14.7. The van der Waals surface area contributed by atoms with E-state index in [4.69, 9.17) is 5.73 Å². The molecular formula is C13H15FN4O. The third-order valence-electron chi connectivity index (χ3n) is 2.79. The molecule has 0 aliphatic rings. The molecule has 0 fully saturated rings. The van der Waals surface area contributed by atoms with Crippen molar-refractivity contribution in [3.63, 3.8) is 0 Å². The Labute approximate surface area is 110 Å². The summed E-state index contributed by atoms with van der Waals surface area (Å²) in [6.45, 7) is 2.41. The highest BCUT2D eigenvalue weighted by Gasteiger charge is 2.07. The molecule has 0 atom stereocenters. The van der Waals surface area contributed by atoms with Crippen LogP contribution in [0.4, 0.5) is 15.8 Å². The third kappa shape index (κ3) is 3.31. The van der Waals surface area contributed by atoms with Crippen LogP contribution >= 0.6 is 0 Å². The number of rotatable bonds is 4. The summed E-state index contributed by atoms with van der Waals surface area (Å²) >= 11 is 0. The fourth-order valence-electron chi connectivity index (χ4n) is 1.72. The highest BCUT2D eigenvalue weighted by molar-refractivity contribution is 5.93. The first kappa shape index (κ1) is 13.1. The number of aryl methyl sites for hydroxylation is 2. The van der Waals surface area contributed by atoms with Crippen LogP contribution in [0.3, 0.4) is 0 Å². The molecular weight excluding hydrogens is 247 g/mol. The minimum absolute atomic E-state index is 0.175. The molecule has 2 aromatic rings. The van der Waals surface area contributed by atoms with Gasteiger partial charge in [-0.05, 0) is 25.1 Å². The summed E-state index contributed by atoms with van der Waals surface area (Å²) in [4.78, 5) is 15.8. The second kappa shape index (κ2) is 5.51. The number of benzene rings is 1. The van der Waals surface area contributed by atoms with Crippen molar-refractivity contribution < 1.29 is 9.18 Å². The van der Waals surface area contributed by atoms with Gasteiger partial charge < -0.3 is 15.6 Å². The Balaban J connectivity index is 1.93. The number of hydrogen-bond acceptors (Lipinski definition) is 3. The molecule has 1 aromatic heterocycles. The average Bonchev–Trinajstić information content (AvgIpc) is 2.76. The van der Waals surface area contributed by atoms with Gasteiger partial charge >= 0.3 is 0 Å². The van der Waals surface area contributed by atoms with E-state index >= 15 is 0 Å². The number of amides is 1. The predicted octanol–water partition coefficient (Wildman–Crippen LogP) is 1.94. The average molecular weight is 262 g/mol. The maximum absolute atomic E-state index is 12.9. The second-order valence-corrected chi connectivity index (χ2v) is 4.20. The van der Waals surface area contributed by atoms with Crippen LogP contribution in [-0.4, -0.2) is 15.5 Å². The zero-order valence-electron chi connectivity index (χ0n) is 10.6. The zero-order chi connectivity index (χ0) is 13.8. The second-order valence-electron chi connectivity index (χ2n) is 4.20. The maximum atomic E-state index is 12.9. The van der Waals surface area contributed by atoms with Crippen molar-refractivity contribution in [2.24, 2.45) is 0 Å². The molecule has 0 aliphatic heterocycles. The molecule has 3 N–H and O–H groups in total. The summed E-state index contributed by atoms with van der Waals surface area (Å²) in [5, 5.41) is 2.65. The summed E-state index contributed by atoms with van der Waals surface area (Å²) in [6, 6.07) is 3.88. The van der Waals surface area contributed by atoms with Crippen LogP contribution in [0, 0.1) is 12.7 Å². The Bertz CT molecular complexity index is 594. The lowest BCUT2D eigenvalue weighted by Crippen LogP contribution is -2.15. The van der Waals surface area contributed by atoms with E-state index in [0.29, 0.717) is 18.7 Å². The number of aromatic nitrogens is 2. The van der Waals surface area contributed by atoms with Gasteiger partial charge in [0.1, 0.15) is 11.6 Å². The lowest BCUT2D eigenvalue weighted by atomic mass is 10.2. The Morgan fingerprint density at radius 2 is 2.32 bits per heavy atom. The number of carbonyl (C=O) groups excluding carboxylic acids is 1. The number of carbonyl (C=O) groups is 1. The van der Waals surface area contributed by atoms with Crippen molar-refractivity contribution in [2.75, 3.05) is 11.1 Å². The Kier molecular flexibility index (Phi) is 3.79. The Morgan fingerprint density at radius 3 is 2.95 bits per heavy atom. The number of nitrogens with one attached hydrogen (secondary N) is 1. The van der Waals surface area contributed by atoms with Gasteiger partial charge in [0.15, 0.2) is 0 Å². The van der Waals surface area contributed by atoms with Gasteiger partial charge in [0.05, 0.1) is 11.4 Å². The van der Waals surface area contributed by atoms with Gasteiger partial charge in [-0.1, -0.05) is 0 Å². The van der Waals surface area contributed by atoms with E-state index in [0.717, 1.165) is 5.82 Å². The van der Waals surface area contributed by atoms with E-state index in [2.05, 4.69) is 10.3 Å². The molecule has 0 spiro atoms. The van der Waals surface area contributed by atoms with E-state index in [9.17, 15) is 9.18 Å².